The lowest BCUT2D eigenvalue weighted by Gasteiger charge is -2.14. The van der Waals surface area contributed by atoms with E-state index in [0.29, 0.717) is 18.1 Å². The van der Waals surface area contributed by atoms with Crippen LogP contribution < -0.4 is 4.90 Å². The fourth-order valence-electron chi connectivity index (χ4n) is 1.80. The van der Waals surface area contributed by atoms with Gasteiger partial charge in [-0.05, 0) is 12.1 Å². The van der Waals surface area contributed by atoms with Gasteiger partial charge in [-0.15, -0.1) is 0 Å². The van der Waals surface area contributed by atoms with E-state index in [1.807, 2.05) is 24.4 Å². The third-order valence-electron chi connectivity index (χ3n) is 2.64. The van der Waals surface area contributed by atoms with Crippen LogP contribution in [-0.2, 0) is 0 Å². The van der Waals surface area contributed by atoms with E-state index in [0.717, 1.165) is 0 Å². The number of nitro groups is 1. The maximum atomic E-state index is 10.9. The number of nitro benzene ring substituents is 1. The molecule has 0 bridgehead atoms. The van der Waals surface area contributed by atoms with Crippen LogP contribution in [0.1, 0.15) is 0 Å². The van der Waals surface area contributed by atoms with Gasteiger partial charge in [-0.2, -0.15) is 4.98 Å². The summed E-state index contributed by atoms with van der Waals surface area (Å²) in [5, 5.41) is 10.9. The summed E-state index contributed by atoms with van der Waals surface area (Å²) in [6, 6.07) is 5.06. The molecule has 6 heteroatoms. The van der Waals surface area contributed by atoms with Crippen LogP contribution in [0.3, 0.4) is 0 Å². The zero-order chi connectivity index (χ0) is 12.5. The minimum Gasteiger partial charge on any atom is -0.416 e. The van der Waals surface area contributed by atoms with E-state index in [-0.39, 0.29) is 11.3 Å². The van der Waals surface area contributed by atoms with Gasteiger partial charge in [0, 0.05) is 18.8 Å². The molecule has 1 aliphatic heterocycles. The Balaban J connectivity index is 2.11. The van der Waals surface area contributed by atoms with Gasteiger partial charge in [0.05, 0.1) is 4.92 Å². The summed E-state index contributed by atoms with van der Waals surface area (Å²) in [7, 11) is 0. The third kappa shape index (κ3) is 1.64. The predicted octanol–water partition coefficient (Wildman–Crippen LogP) is 2.63. The zero-order valence-corrected chi connectivity index (χ0v) is 9.31. The molecule has 0 atom stereocenters. The summed E-state index contributed by atoms with van der Waals surface area (Å²) < 4.78 is 5.49. The Labute approximate surface area is 102 Å². The van der Waals surface area contributed by atoms with Crippen LogP contribution in [0.2, 0.25) is 0 Å². The predicted molar refractivity (Wildman–Crippen MR) is 66.3 cm³/mol. The number of hydrogen-bond donors (Lipinski definition) is 0. The molecule has 2 heterocycles. The van der Waals surface area contributed by atoms with E-state index in [2.05, 4.69) is 4.98 Å². The molecule has 90 valence electrons. The SMILES string of the molecule is O=[N+]([O-])c1cccc2nc(N3C=CC=CC3)oc12. The van der Waals surface area contributed by atoms with Crippen molar-refractivity contribution in [3.63, 3.8) is 0 Å². The number of anilines is 1. The molecule has 1 aromatic carbocycles. The molecular formula is C12H9N3O3. The van der Waals surface area contributed by atoms with Crippen molar-refractivity contribution in [1.82, 2.24) is 4.98 Å². The smallest absolute Gasteiger partial charge is 0.313 e. The van der Waals surface area contributed by atoms with Crippen molar-refractivity contribution in [2.45, 2.75) is 0 Å². The largest absolute Gasteiger partial charge is 0.416 e. The number of nitrogens with zero attached hydrogens (tertiary/aromatic N) is 3. The van der Waals surface area contributed by atoms with Crippen LogP contribution in [-0.4, -0.2) is 16.5 Å². The van der Waals surface area contributed by atoms with Crippen LogP contribution in [0, 0.1) is 10.1 Å². The number of aromatic nitrogens is 1. The minimum atomic E-state index is -0.469. The molecule has 0 radical (unpaired) electrons. The fourth-order valence-corrected chi connectivity index (χ4v) is 1.80. The van der Waals surface area contributed by atoms with Crippen molar-refractivity contribution in [2.24, 2.45) is 0 Å². The Hall–Kier alpha value is -2.63. The molecule has 6 nitrogen and oxygen atoms in total. The van der Waals surface area contributed by atoms with E-state index in [1.54, 1.807) is 17.0 Å². The summed E-state index contributed by atoms with van der Waals surface area (Å²) >= 11 is 0. The van der Waals surface area contributed by atoms with Crippen LogP contribution in [0.15, 0.2) is 47.0 Å². The monoisotopic (exact) mass is 243 g/mol. The molecular weight excluding hydrogens is 234 g/mol. The molecule has 3 rings (SSSR count). The van der Waals surface area contributed by atoms with Crippen molar-refractivity contribution in [1.29, 1.82) is 0 Å². The van der Waals surface area contributed by atoms with Gasteiger partial charge < -0.3 is 4.42 Å². The Morgan fingerprint density at radius 2 is 2.28 bits per heavy atom. The molecule has 1 aromatic heterocycles. The maximum Gasteiger partial charge on any atom is 0.313 e. The van der Waals surface area contributed by atoms with Crippen molar-refractivity contribution >= 4 is 22.8 Å². The second-order valence-electron chi connectivity index (χ2n) is 3.80. The topological polar surface area (TPSA) is 72.4 Å². The molecule has 18 heavy (non-hydrogen) atoms. The Morgan fingerprint density at radius 1 is 1.39 bits per heavy atom. The first-order valence-electron chi connectivity index (χ1n) is 5.39. The van der Waals surface area contributed by atoms with Crippen molar-refractivity contribution in [2.75, 3.05) is 11.4 Å². The molecule has 1 aliphatic rings. The number of benzene rings is 1. The van der Waals surface area contributed by atoms with Crippen LogP contribution in [0.4, 0.5) is 11.7 Å². The van der Waals surface area contributed by atoms with Gasteiger partial charge in [0.2, 0.25) is 5.58 Å². The van der Waals surface area contributed by atoms with Crippen molar-refractivity contribution < 1.29 is 9.34 Å². The number of oxazole rings is 1. The van der Waals surface area contributed by atoms with E-state index in [9.17, 15) is 10.1 Å². The molecule has 0 N–H and O–H groups in total. The summed E-state index contributed by atoms with van der Waals surface area (Å²) in [5.74, 6) is 0. The molecule has 0 fully saturated rings. The van der Waals surface area contributed by atoms with E-state index in [4.69, 9.17) is 4.42 Å². The molecule has 0 saturated carbocycles. The molecule has 0 spiro atoms. The first-order valence-corrected chi connectivity index (χ1v) is 5.39. The second kappa shape index (κ2) is 3.99. The number of non-ortho nitro benzene ring substituents is 1. The number of rotatable bonds is 2. The lowest BCUT2D eigenvalue weighted by Crippen LogP contribution is -2.17. The van der Waals surface area contributed by atoms with Gasteiger partial charge in [-0.1, -0.05) is 18.2 Å². The van der Waals surface area contributed by atoms with E-state index in [1.165, 1.54) is 6.07 Å². The lowest BCUT2D eigenvalue weighted by atomic mass is 10.3. The van der Waals surface area contributed by atoms with Crippen molar-refractivity contribution in [3.05, 3.63) is 52.7 Å². The third-order valence-corrected chi connectivity index (χ3v) is 2.64. The molecule has 2 aromatic rings. The number of allylic oxidation sites excluding steroid dienone is 2. The summed E-state index contributed by atoms with van der Waals surface area (Å²) in [6.45, 7) is 0.636. The van der Waals surface area contributed by atoms with Gasteiger partial charge in [0.25, 0.3) is 0 Å². The quantitative estimate of drug-likeness (QED) is 0.598. The number of para-hydroxylation sites is 1. The van der Waals surface area contributed by atoms with E-state index < -0.39 is 4.92 Å². The van der Waals surface area contributed by atoms with Crippen molar-refractivity contribution in [3.8, 4) is 0 Å². The highest BCUT2D eigenvalue weighted by atomic mass is 16.6. The molecule has 0 amide bonds. The highest BCUT2D eigenvalue weighted by Crippen LogP contribution is 2.29. The molecule has 0 saturated heterocycles. The van der Waals surface area contributed by atoms with E-state index >= 15 is 0 Å². The van der Waals surface area contributed by atoms with Gasteiger partial charge in [0.15, 0.2) is 0 Å². The van der Waals surface area contributed by atoms with Crippen LogP contribution >= 0.6 is 0 Å². The van der Waals surface area contributed by atoms with Gasteiger partial charge >= 0.3 is 11.7 Å². The van der Waals surface area contributed by atoms with Gasteiger partial charge in [0.1, 0.15) is 5.52 Å². The Morgan fingerprint density at radius 3 is 3.00 bits per heavy atom. The normalized spacial score (nSPS) is 14.3. The van der Waals surface area contributed by atoms with Gasteiger partial charge in [-0.25, -0.2) is 0 Å². The minimum absolute atomic E-state index is 0.0669. The summed E-state index contributed by atoms with van der Waals surface area (Å²) in [5.41, 5.74) is 0.630. The van der Waals surface area contributed by atoms with Gasteiger partial charge in [-0.3, -0.25) is 15.0 Å². The lowest BCUT2D eigenvalue weighted by molar-refractivity contribution is -0.383. The first kappa shape index (κ1) is 10.5. The standard InChI is InChI=1S/C12H9N3O3/c16-15(17)10-6-4-5-9-11(10)18-12(13-9)14-7-2-1-3-8-14/h1-7H,8H2. The maximum absolute atomic E-state index is 10.9. The number of hydrogen-bond acceptors (Lipinski definition) is 5. The highest BCUT2D eigenvalue weighted by Gasteiger charge is 2.19. The summed E-state index contributed by atoms with van der Waals surface area (Å²) in [6.07, 6.45) is 7.54. The fraction of sp³-hybridized carbons (Fsp3) is 0.0833. The second-order valence-corrected chi connectivity index (χ2v) is 3.80. The summed E-state index contributed by atoms with van der Waals surface area (Å²) in [4.78, 5) is 16.4. The molecule has 0 aliphatic carbocycles. The van der Waals surface area contributed by atoms with Crippen LogP contribution in [0.5, 0.6) is 0 Å². The van der Waals surface area contributed by atoms with Crippen LogP contribution in [0.25, 0.3) is 11.1 Å². The number of fused-ring (bicyclic) bond motifs is 1. The highest BCUT2D eigenvalue weighted by molar-refractivity contribution is 5.83. The zero-order valence-electron chi connectivity index (χ0n) is 9.31. The molecule has 0 unspecified atom stereocenters. The average Bonchev–Trinajstić information content (AvgIpc) is 2.83. The Kier molecular flexibility index (Phi) is 2.33. The first-order chi connectivity index (χ1) is 8.75. The average molecular weight is 243 g/mol. The Bertz CT molecular complexity index is 672.